The minimum absolute atomic E-state index is 0.640. The van der Waals surface area contributed by atoms with E-state index in [4.69, 9.17) is 0 Å². The lowest BCUT2D eigenvalue weighted by Gasteiger charge is -2.35. The summed E-state index contributed by atoms with van der Waals surface area (Å²) in [5, 5.41) is 3.34. The van der Waals surface area contributed by atoms with E-state index in [1.165, 1.54) is 31.5 Å². The third-order valence-corrected chi connectivity index (χ3v) is 4.34. The van der Waals surface area contributed by atoms with Gasteiger partial charge in [-0.2, -0.15) is 0 Å². The van der Waals surface area contributed by atoms with E-state index in [0.29, 0.717) is 5.92 Å². The van der Waals surface area contributed by atoms with Crippen molar-refractivity contribution in [2.75, 3.05) is 13.6 Å². The van der Waals surface area contributed by atoms with Crippen LogP contribution >= 0.6 is 0 Å². The zero-order valence-electron chi connectivity index (χ0n) is 11.3. The van der Waals surface area contributed by atoms with Gasteiger partial charge >= 0.3 is 0 Å². The number of aryl methyl sites for hydroxylation is 1. The lowest BCUT2D eigenvalue weighted by molar-refractivity contribution is 0.219. The molecule has 96 valence electrons. The van der Waals surface area contributed by atoms with E-state index < -0.39 is 0 Å². The Labute approximate surface area is 105 Å². The normalized spacial score (nSPS) is 29.5. The van der Waals surface area contributed by atoms with Crippen molar-refractivity contribution in [3.05, 3.63) is 18.2 Å². The summed E-state index contributed by atoms with van der Waals surface area (Å²) in [6.45, 7) is 3.44. The van der Waals surface area contributed by atoms with Gasteiger partial charge in [-0.25, -0.2) is 4.98 Å². The number of rotatable bonds is 4. The van der Waals surface area contributed by atoms with Gasteiger partial charge in [-0.1, -0.05) is 19.8 Å². The highest BCUT2D eigenvalue weighted by atomic mass is 15.0. The van der Waals surface area contributed by atoms with Crippen molar-refractivity contribution in [1.82, 2.24) is 14.9 Å². The van der Waals surface area contributed by atoms with E-state index in [2.05, 4.69) is 42.1 Å². The Morgan fingerprint density at radius 2 is 2.29 bits per heavy atom. The van der Waals surface area contributed by atoms with Crippen LogP contribution in [0.4, 0.5) is 0 Å². The minimum atomic E-state index is 0.640. The molecule has 17 heavy (non-hydrogen) atoms. The van der Waals surface area contributed by atoms with E-state index in [-0.39, 0.29) is 0 Å². The molecule has 0 aliphatic heterocycles. The highest BCUT2D eigenvalue weighted by Gasteiger charge is 2.32. The van der Waals surface area contributed by atoms with E-state index in [1.54, 1.807) is 0 Å². The second kappa shape index (κ2) is 5.67. The monoisotopic (exact) mass is 235 g/mol. The summed E-state index contributed by atoms with van der Waals surface area (Å²) in [6, 6.07) is 0. The lowest BCUT2D eigenvalue weighted by Crippen LogP contribution is -2.31. The van der Waals surface area contributed by atoms with Crippen molar-refractivity contribution in [3.8, 4) is 0 Å². The fraction of sp³-hybridized carbons (Fsp3) is 0.786. The fourth-order valence-corrected chi connectivity index (χ4v) is 3.25. The van der Waals surface area contributed by atoms with Crippen LogP contribution in [0.1, 0.15) is 44.3 Å². The predicted molar refractivity (Wildman–Crippen MR) is 71.0 cm³/mol. The second-order valence-corrected chi connectivity index (χ2v) is 5.41. The number of nitrogens with one attached hydrogen (secondary N) is 1. The van der Waals surface area contributed by atoms with Crippen LogP contribution in [-0.4, -0.2) is 23.1 Å². The van der Waals surface area contributed by atoms with Crippen LogP contribution in [0.2, 0.25) is 0 Å². The second-order valence-electron chi connectivity index (χ2n) is 5.41. The van der Waals surface area contributed by atoms with Gasteiger partial charge in [-0.05, 0) is 38.3 Å². The summed E-state index contributed by atoms with van der Waals surface area (Å²) in [5.41, 5.74) is 0. The molecule has 0 aromatic carbocycles. The molecule has 0 saturated heterocycles. The first kappa shape index (κ1) is 12.6. The Kier molecular flexibility index (Phi) is 4.21. The maximum atomic E-state index is 4.58. The molecule has 3 atom stereocenters. The molecule has 0 amide bonds. The highest BCUT2D eigenvalue weighted by Crippen LogP contribution is 2.40. The predicted octanol–water partition coefficient (Wildman–Crippen LogP) is 2.55. The van der Waals surface area contributed by atoms with Gasteiger partial charge in [0.2, 0.25) is 0 Å². The zero-order valence-corrected chi connectivity index (χ0v) is 11.3. The van der Waals surface area contributed by atoms with Crippen molar-refractivity contribution in [3.63, 3.8) is 0 Å². The van der Waals surface area contributed by atoms with Crippen LogP contribution in [0.5, 0.6) is 0 Å². The SMILES string of the molecule is CCC1CCC(CNC)C(c2nccn2C)C1. The van der Waals surface area contributed by atoms with Crippen LogP contribution < -0.4 is 5.32 Å². The summed E-state index contributed by atoms with van der Waals surface area (Å²) in [5.74, 6) is 3.57. The number of hydrogen-bond donors (Lipinski definition) is 1. The Bertz CT molecular complexity index is 345. The molecule has 3 heteroatoms. The van der Waals surface area contributed by atoms with Gasteiger partial charge in [-0.3, -0.25) is 0 Å². The van der Waals surface area contributed by atoms with Crippen LogP contribution in [0, 0.1) is 11.8 Å². The average Bonchev–Trinajstić information content (AvgIpc) is 2.76. The topological polar surface area (TPSA) is 29.9 Å². The Balaban J connectivity index is 2.16. The molecule has 0 radical (unpaired) electrons. The third kappa shape index (κ3) is 2.71. The molecule has 1 N–H and O–H groups in total. The van der Waals surface area contributed by atoms with Gasteiger partial charge < -0.3 is 9.88 Å². The van der Waals surface area contributed by atoms with E-state index in [9.17, 15) is 0 Å². The van der Waals surface area contributed by atoms with Crippen molar-refractivity contribution >= 4 is 0 Å². The van der Waals surface area contributed by atoms with E-state index >= 15 is 0 Å². The Morgan fingerprint density at radius 1 is 1.47 bits per heavy atom. The first-order chi connectivity index (χ1) is 8.26. The molecule has 1 aromatic rings. The van der Waals surface area contributed by atoms with E-state index in [0.717, 1.165) is 18.4 Å². The van der Waals surface area contributed by atoms with Gasteiger partial charge in [0, 0.05) is 25.4 Å². The van der Waals surface area contributed by atoms with Crippen molar-refractivity contribution in [2.24, 2.45) is 18.9 Å². The van der Waals surface area contributed by atoms with Crippen LogP contribution in [0.3, 0.4) is 0 Å². The Morgan fingerprint density at radius 3 is 2.88 bits per heavy atom. The molecule has 2 rings (SSSR count). The highest BCUT2D eigenvalue weighted by molar-refractivity contribution is 5.05. The van der Waals surface area contributed by atoms with Gasteiger partial charge in [0.25, 0.3) is 0 Å². The summed E-state index contributed by atoms with van der Waals surface area (Å²) in [6.07, 6.45) is 9.37. The van der Waals surface area contributed by atoms with Crippen molar-refractivity contribution in [2.45, 2.75) is 38.5 Å². The summed E-state index contributed by atoms with van der Waals surface area (Å²) < 4.78 is 2.20. The molecular weight excluding hydrogens is 210 g/mol. The first-order valence-corrected chi connectivity index (χ1v) is 6.88. The number of nitrogens with zero attached hydrogens (tertiary/aromatic N) is 2. The van der Waals surface area contributed by atoms with Gasteiger partial charge in [0.1, 0.15) is 5.82 Å². The molecule has 1 fully saturated rings. The number of aromatic nitrogens is 2. The summed E-state index contributed by atoms with van der Waals surface area (Å²) in [4.78, 5) is 4.58. The van der Waals surface area contributed by atoms with Crippen molar-refractivity contribution < 1.29 is 0 Å². The molecule has 1 aliphatic carbocycles. The largest absolute Gasteiger partial charge is 0.338 e. The van der Waals surface area contributed by atoms with Crippen molar-refractivity contribution in [1.29, 1.82) is 0 Å². The number of imidazole rings is 1. The molecule has 1 aliphatic rings. The van der Waals surface area contributed by atoms with E-state index in [1.807, 2.05) is 6.20 Å². The number of hydrogen-bond acceptors (Lipinski definition) is 2. The van der Waals surface area contributed by atoms with Gasteiger partial charge in [0.15, 0.2) is 0 Å². The van der Waals surface area contributed by atoms with Gasteiger partial charge in [-0.15, -0.1) is 0 Å². The standard InChI is InChI=1S/C14H25N3/c1-4-11-5-6-12(10-15-2)13(9-11)14-16-7-8-17(14)3/h7-8,11-13,15H,4-6,9-10H2,1-3H3. The van der Waals surface area contributed by atoms with Crippen LogP contribution in [0.25, 0.3) is 0 Å². The molecule has 3 nitrogen and oxygen atoms in total. The maximum Gasteiger partial charge on any atom is 0.111 e. The van der Waals surface area contributed by atoms with Crippen LogP contribution in [0.15, 0.2) is 12.4 Å². The third-order valence-electron chi connectivity index (χ3n) is 4.34. The van der Waals surface area contributed by atoms with Gasteiger partial charge in [0.05, 0.1) is 0 Å². The molecule has 1 aromatic heterocycles. The molecule has 3 unspecified atom stereocenters. The summed E-state index contributed by atoms with van der Waals surface area (Å²) >= 11 is 0. The quantitative estimate of drug-likeness (QED) is 0.869. The zero-order chi connectivity index (χ0) is 12.3. The lowest BCUT2D eigenvalue weighted by atomic mass is 9.72. The molecule has 1 saturated carbocycles. The minimum Gasteiger partial charge on any atom is -0.338 e. The van der Waals surface area contributed by atoms with Crippen LogP contribution in [-0.2, 0) is 7.05 Å². The molecular formula is C14H25N3. The molecule has 0 bridgehead atoms. The molecule has 1 heterocycles. The first-order valence-electron chi connectivity index (χ1n) is 6.88. The maximum absolute atomic E-state index is 4.58. The average molecular weight is 235 g/mol. The smallest absolute Gasteiger partial charge is 0.111 e. The summed E-state index contributed by atoms with van der Waals surface area (Å²) in [7, 11) is 4.18. The molecule has 0 spiro atoms. The fourth-order valence-electron chi connectivity index (χ4n) is 3.25. The Hall–Kier alpha value is -0.830.